The van der Waals surface area contributed by atoms with Gasteiger partial charge in [-0.15, -0.1) is 0 Å². The third kappa shape index (κ3) is 3.34. The van der Waals surface area contributed by atoms with E-state index >= 15 is 0 Å². The summed E-state index contributed by atoms with van der Waals surface area (Å²) in [6.45, 7) is 0.171. The molecule has 5 aliphatic carbocycles. The summed E-state index contributed by atoms with van der Waals surface area (Å²) in [7, 11) is 0. The molecule has 2 nitrogen and oxygen atoms in total. The fourth-order valence-electron chi connectivity index (χ4n) is 12.2. The molecule has 6 aromatic carbocycles. The fraction of sp³-hybridized carbons (Fsp3) is 0.217. The lowest BCUT2D eigenvalue weighted by molar-refractivity contribution is -0.0399. The summed E-state index contributed by atoms with van der Waals surface area (Å²) in [5, 5.41) is 0. The molecular weight excluding hydrogens is 591 g/mol. The summed E-state index contributed by atoms with van der Waals surface area (Å²) in [6, 6.07) is 53.2. The largest absolute Gasteiger partial charge is 0.311 e. The van der Waals surface area contributed by atoms with Gasteiger partial charge in [0, 0.05) is 39.5 Å². The molecule has 2 aliphatic heterocycles. The summed E-state index contributed by atoms with van der Waals surface area (Å²) in [5.74, 6) is 3.37. The lowest BCUT2D eigenvalue weighted by Crippen LogP contribution is -2.61. The van der Waals surface area contributed by atoms with Crippen LogP contribution in [-0.4, -0.2) is 6.71 Å². The van der Waals surface area contributed by atoms with Crippen LogP contribution in [0.2, 0.25) is 0 Å². The molecule has 0 atom stereocenters. The lowest BCUT2D eigenvalue weighted by Gasteiger charge is -2.61. The van der Waals surface area contributed by atoms with Crippen molar-refractivity contribution in [3.8, 4) is 11.1 Å². The average Bonchev–Trinajstić information content (AvgIpc) is 3.44. The Hall–Kier alpha value is -5.02. The maximum absolute atomic E-state index is 2.65. The van der Waals surface area contributed by atoms with E-state index in [0.29, 0.717) is 0 Å². The quantitative estimate of drug-likeness (QED) is 0.176. The van der Waals surface area contributed by atoms with Crippen LogP contribution in [-0.2, 0) is 5.41 Å². The van der Waals surface area contributed by atoms with Gasteiger partial charge in [0.05, 0.1) is 0 Å². The minimum atomic E-state index is 0.145. The number of hydrogen-bond acceptors (Lipinski definition) is 2. The summed E-state index contributed by atoms with van der Waals surface area (Å²) < 4.78 is 0. The van der Waals surface area contributed by atoms with Crippen LogP contribution < -0.4 is 26.2 Å². The average molecular weight is 629 g/mol. The monoisotopic (exact) mass is 628 g/mol. The Morgan fingerprint density at radius 2 is 1.00 bits per heavy atom. The van der Waals surface area contributed by atoms with Gasteiger partial charge in [-0.05, 0) is 143 Å². The Labute approximate surface area is 289 Å². The Balaban J connectivity index is 1.10. The highest BCUT2D eigenvalue weighted by molar-refractivity contribution is 7.00. The smallest absolute Gasteiger partial charge is 0.252 e. The van der Waals surface area contributed by atoms with E-state index in [1.165, 1.54) is 93.7 Å². The predicted octanol–water partition coefficient (Wildman–Crippen LogP) is 9.49. The molecule has 13 rings (SSSR count). The lowest BCUT2D eigenvalue weighted by atomic mass is 9.33. The summed E-state index contributed by atoms with van der Waals surface area (Å²) in [6.07, 6.45) is 7.09. The second-order valence-electron chi connectivity index (χ2n) is 15.7. The normalized spacial score (nSPS) is 25.9. The van der Waals surface area contributed by atoms with E-state index < -0.39 is 0 Å². The van der Waals surface area contributed by atoms with E-state index in [4.69, 9.17) is 0 Å². The molecule has 0 radical (unpaired) electrons. The molecule has 3 heteroatoms. The molecule has 49 heavy (non-hydrogen) atoms. The zero-order chi connectivity index (χ0) is 31.8. The Morgan fingerprint density at radius 1 is 0.449 bits per heavy atom. The first-order chi connectivity index (χ1) is 24.3. The summed E-state index contributed by atoms with van der Waals surface area (Å²) in [5.41, 5.74) is 18.1. The molecular formula is C46H37BN2. The maximum atomic E-state index is 2.65. The van der Waals surface area contributed by atoms with E-state index in [1.807, 2.05) is 0 Å². The van der Waals surface area contributed by atoms with Gasteiger partial charge in [0.25, 0.3) is 6.71 Å². The van der Waals surface area contributed by atoms with Crippen molar-refractivity contribution in [2.24, 2.45) is 23.7 Å². The third-order valence-corrected chi connectivity index (χ3v) is 13.6. The standard InChI is InChI=1S/C46H37BN2/c1-2-11-33(12-3-1)48-41-17-8-6-15-39(41)47-40-16-7-9-18-42(40)49(44-20-10-19-43(48)45(44)47)34-21-22-36-35-13-4-5-14-37(35)46(38(36)28-34)31-24-29-23-30(26-31)27-32(46)25-29/h1-22,28-32H,23-27H2. The predicted molar refractivity (Wildman–Crippen MR) is 204 cm³/mol. The van der Waals surface area contributed by atoms with Gasteiger partial charge >= 0.3 is 0 Å². The first-order valence-electron chi connectivity index (χ1n) is 18.5. The van der Waals surface area contributed by atoms with Crippen molar-refractivity contribution >= 4 is 57.2 Å². The zero-order valence-electron chi connectivity index (χ0n) is 27.6. The van der Waals surface area contributed by atoms with E-state index in [2.05, 4.69) is 149 Å². The van der Waals surface area contributed by atoms with Crippen molar-refractivity contribution in [2.75, 3.05) is 9.80 Å². The van der Waals surface area contributed by atoms with Gasteiger partial charge in [0.2, 0.25) is 0 Å². The van der Waals surface area contributed by atoms with Crippen LogP contribution in [0, 0.1) is 23.7 Å². The third-order valence-electron chi connectivity index (χ3n) is 13.6. The van der Waals surface area contributed by atoms with E-state index in [9.17, 15) is 0 Å². The van der Waals surface area contributed by atoms with Gasteiger partial charge in [-0.25, -0.2) is 0 Å². The van der Waals surface area contributed by atoms with Gasteiger partial charge in [0.15, 0.2) is 0 Å². The van der Waals surface area contributed by atoms with Crippen LogP contribution in [0.4, 0.5) is 34.1 Å². The minimum absolute atomic E-state index is 0.145. The minimum Gasteiger partial charge on any atom is -0.311 e. The highest BCUT2D eigenvalue weighted by Crippen LogP contribution is 2.69. The van der Waals surface area contributed by atoms with Crippen molar-refractivity contribution in [1.29, 1.82) is 0 Å². The molecule has 0 unspecified atom stereocenters. The molecule has 234 valence electrons. The highest BCUT2D eigenvalue weighted by Gasteiger charge is 2.61. The molecule has 4 bridgehead atoms. The molecule has 0 N–H and O–H groups in total. The first-order valence-corrected chi connectivity index (χ1v) is 18.5. The van der Waals surface area contributed by atoms with Gasteiger partial charge in [-0.1, -0.05) is 91.0 Å². The van der Waals surface area contributed by atoms with Crippen LogP contribution in [0.1, 0.15) is 43.2 Å². The van der Waals surface area contributed by atoms with Gasteiger partial charge in [-0.3, -0.25) is 0 Å². The van der Waals surface area contributed by atoms with E-state index in [1.54, 1.807) is 11.1 Å². The van der Waals surface area contributed by atoms with Gasteiger partial charge in [0.1, 0.15) is 0 Å². The van der Waals surface area contributed by atoms with Crippen LogP contribution in [0.25, 0.3) is 11.1 Å². The van der Waals surface area contributed by atoms with Gasteiger partial charge < -0.3 is 9.80 Å². The number of hydrogen-bond donors (Lipinski definition) is 0. The Kier molecular flexibility index (Phi) is 5.25. The van der Waals surface area contributed by atoms with E-state index in [-0.39, 0.29) is 12.1 Å². The van der Waals surface area contributed by atoms with Crippen molar-refractivity contribution in [3.63, 3.8) is 0 Å². The number of benzene rings is 6. The number of fused-ring (bicyclic) bond motifs is 7. The molecule has 0 saturated heterocycles. The summed E-state index contributed by atoms with van der Waals surface area (Å²) in [4.78, 5) is 5.09. The number of anilines is 6. The number of para-hydroxylation sites is 3. The Bertz CT molecular complexity index is 2310. The summed E-state index contributed by atoms with van der Waals surface area (Å²) >= 11 is 0. The molecule has 0 amide bonds. The molecule has 4 saturated carbocycles. The fourth-order valence-corrected chi connectivity index (χ4v) is 12.2. The van der Waals surface area contributed by atoms with E-state index in [0.717, 1.165) is 23.7 Å². The number of nitrogens with zero attached hydrogens (tertiary/aromatic N) is 2. The molecule has 4 fully saturated rings. The van der Waals surface area contributed by atoms with Crippen molar-refractivity contribution in [3.05, 3.63) is 151 Å². The van der Waals surface area contributed by atoms with Crippen LogP contribution in [0.5, 0.6) is 0 Å². The van der Waals surface area contributed by atoms with Crippen LogP contribution in [0.15, 0.2) is 140 Å². The molecule has 7 aliphatic rings. The number of rotatable bonds is 2. The van der Waals surface area contributed by atoms with Crippen molar-refractivity contribution in [1.82, 2.24) is 0 Å². The SMILES string of the molecule is c1ccc(N2c3ccccc3B3c4ccccc4N(c4ccc5c(c4)C4(c6ccccc6-5)C5CC6CC(C5)CC4C6)c4cccc2c43)cc1. The first kappa shape index (κ1) is 26.9. The Morgan fingerprint density at radius 3 is 1.69 bits per heavy atom. The highest BCUT2D eigenvalue weighted by atomic mass is 15.2. The van der Waals surface area contributed by atoms with Crippen LogP contribution >= 0.6 is 0 Å². The van der Waals surface area contributed by atoms with Gasteiger partial charge in [-0.2, -0.15) is 0 Å². The molecule has 1 spiro atoms. The topological polar surface area (TPSA) is 6.48 Å². The second-order valence-corrected chi connectivity index (χ2v) is 15.7. The molecule has 2 heterocycles. The molecule has 6 aromatic rings. The molecule has 0 aromatic heterocycles. The van der Waals surface area contributed by atoms with Crippen molar-refractivity contribution in [2.45, 2.75) is 37.5 Å². The van der Waals surface area contributed by atoms with Crippen molar-refractivity contribution < 1.29 is 0 Å². The van der Waals surface area contributed by atoms with Crippen LogP contribution in [0.3, 0.4) is 0 Å². The zero-order valence-corrected chi connectivity index (χ0v) is 27.6. The second kappa shape index (κ2) is 9.57. The maximum Gasteiger partial charge on any atom is 0.252 e.